The van der Waals surface area contributed by atoms with Crippen LogP contribution in [0, 0.1) is 0 Å². The summed E-state index contributed by atoms with van der Waals surface area (Å²) in [6.45, 7) is 4.55. The van der Waals surface area contributed by atoms with Crippen molar-refractivity contribution in [2.45, 2.75) is 6.42 Å². The normalized spacial score (nSPS) is 16.6. The molecule has 1 aromatic rings. The number of nitrogens with zero attached hydrogens (tertiary/aromatic N) is 2. The lowest BCUT2D eigenvalue weighted by molar-refractivity contribution is 0.0664. The van der Waals surface area contributed by atoms with Crippen LogP contribution in [0.25, 0.3) is 0 Å². The second-order valence-electron chi connectivity index (χ2n) is 5.15. The predicted molar refractivity (Wildman–Crippen MR) is 77.5 cm³/mol. The van der Waals surface area contributed by atoms with E-state index in [1.54, 1.807) is 0 Å². The van der Waals surface area contributed by atoms with Gasteiger partial charge in [0.2, 0.25) is 0 Å². The number of carbonyl (C=O) groups excluding carboxylic acids is 1. The van der Waals surface area contributed by atoms with E-state index < -0.39 is 0 Å². The van der Waals surface area contributed by atoms with E-state index >= 15 is 0 Å². The van der Waals surface area contributed by atoms with E-state index in [4.69, 9.17) is 0 Å². The molecule has 0 spiro atoms. The average molecular weight is 261 g/mol. The summed E-state index contributed by atoms with van der Waals surface area (Å²) in [5.41, 5.74) is 2.07. The minimum atomic E-state index is 0.160. The first kappa shape index (κ1) is 14.0. The summed E-state index contributed by atoms with van der Waals surface area (Å²) in [7, 11) is 4.05. The Morgan fingerprint density at radius 1 is 1.16 bits per heavy atom. The second kappa shape index (κ2) is 6.68. The maximum absolute atomic E-state index is 12.3. The van der Waals surface area contributed by atoms with Crippen LogP contribution in [0.15, 0.2) is 24.3 Å². The van der Waals surface area contributed by atoms with Crippen molar-refractivity contribution in [1.82, 2.24) is 15.1 Å². The number of carbonyl (C=O) groups is 1. The number of rotatable bonds is 4. The van der Waals surface area contributed by atoms with Gasteiger partial charge in [0.05, 0.1) is 0 Å². The Labute approximate surface area is 115 Å². The fraction of sp³-hybridized carbons (Fsp3) is 0.533. The zero-order chi connectivity index (χ0) is 13.7. The zero-order valence-electron chi connectivity index (χ0n) is 11.9. The van der Waals surface area contributed by atoms with Crippen LogP contribution >= 0.6 is 0 Å². The minimum absolute atomic E-state index is 0.160. The van der Waals surface area contributed by atoms with Crippen LogP contribution in [0.1, 0.15) is 15.9 Å². The Hall–Kier alpha value is -1.39. The molecule has 0 bridgehead atoms. The Balaban J connectivity index is 1.95. The molecule has 0 atom stereocenters. The van der Waals surface area contributed by atoms with Gasteiger partial charge in [-0.05, 0) is 44.8 Å². The van der Waals surface area contributed by atoms with E-state index in [1.807, 2.05) is 24.1 Å². The fourth-order valence-corrected chi connectivity index (χ4v) is 2.28. The third-order valence-electron chi connectivity index (χ3n) is 3.66. The summed E-state index contributed by atoms with van der Waals surface area (Å²) in [6.07, 6.45) is 0.999. The quantitative estimate of drug-likeness (QED) is 0.872. The average Bonchev–Trinajstić information content (AvgIpc) is 2.46. The Morgan fingerprint density at radius 3 is 2.37 bits per heavy atom. The van der Waals surface area contributed by atoms with Crippen molar-refractivity contribution in [3.63, 3.8) is 0 Å². The van der Waals surface area contributed by atoms with Crippen molar-refractivity contribution in [3.8, 4) is 0 Å². The summed E-state index contributed by atoms with van der Waals surface area (Å²) in [5, 5.41) is 3.13. The largest absolute Gasteiger partial charge is 0.336 e. The van der Waals surface area contributed by atoms with Crippen LogP contribution in [0.3, 0.4) is 0 Å². The Bertz CT molecular complexity index is 408. The molecular formula is C15H23N3O. The van der Waals surface area contributed by atoms with E-state index in [-0.39, 0.29) is 5.91 Å². The molecule has 104 valence electrons. The fourth-order valence-electron chi connectivity index (χ4n) is 2.28. The van der Waals surface area contributed by atoms with Crippen molar-refractivity contribution < 1.29 is 4.79 Å². The monoisotopic (exact) mass is 261 g/mol. The molecule has 1 aromatic carbocycles. The van der Waals surface area contributed by atoms with Crippen LogP contribution < -0.4 is 5.32 Å². The number of hydrogen-bond acceptors (Lipinski definition) is 3. The summed E-state index contributed by atoms with van der Waals surface area (Å²) in [4.78, 5) is 16.5. The van der Waals surface area contributed by atoms with E-state index in [9.17, 15) is 4.79 Å². The molecule has 0 aliphatic carbocycles. The van der Waals surface area contributed by atoms with Gasteiger partial charge in [0, 0.05) is 31.7 Å². The summed E-state index contributed by atoms with van der Waals surface area (Å²) in [5.74, 6) is 0.160. The minimum Gasteiger partial charge on any atom is -0.336 e. The smallest absolute Gasteiger partial charge is 0.253 e. The number of benzene rings is 1. The van der Waals surface area contributed by atoms with E-state index in [2.05, 4.69) is 29.4 Å². The van der Waals surface area contributed by atoms with Crippen molar-refractivity contribution >= 4 is 5.91 Å². The molecule has 0 saturated carbocycles. The van der Waals surface area contributed by atoms with Crippen LogP contribution in [0.2, 0.25) is 0 Å². The second-order valence-corrected chi connectivity index (χ2v) is 5.15. The summed E-state index contributed by atoms with van der Waals surface area (Å²) in [6, 6.07) is 8.01. The number of piperazine rings is 1. The van der Waals surface area contributed by atoms with Crippen LogP contribution in [0.4, 0.5) is 0 Å². The lowest BCUT2D eigenvalue weighted by Gasteiger charge is -2.32. The molecule has 4 nitrogen and oxygen atoms in total. The third-order valence-corrected chi connectivity index (χ3v) is 3.66. The maximum atomic E-state index is 12.3. The topological polar surface area (TPSA) is 35.6 Å². The highest BCUT2D eigenvalue weighted by Crippen LogP contribution is 2.10. The van der Waals surface area contributed by atoms with Gasteiger partial charge in [-0.15, -0.1) is 0 Å². The SMILES string of the molecule is CNCCc1ccc(C(=O)N2CCN(C)CC2)cc1. The van der Waals surface area contributed by atoms with Gasteiger partial charge in [0.25, 0.3) is 5.91 Å². The highest BCUT2D eigenvalue weighted by atomic mass is 16.2. The summed E-state index contributed by atoms with van der Waals surface area (Å²) < 4.78 is 0. The lowest BCUT2D eigenvalue weighted by Crippen LogP contribution is -2.47. The standard InChI is InChI=1S/C15H23N3O/c1-16-8-7-13-3-5-14(6-4-13)15(19)18-11-9-17(2)10-12-18/h3-6,16H,7-12H2,1-2H3. The molecule has 2 rings (SSSR count). The molecule has 1 saturated heterocycles. The number of hydrogen-bond donors (Lipinski definition) is 1. The molecule has 1 N–H and O–H groups in total. The van der Waals surface area contributed by atoms with Gasteiger partial charge in [-0.3, -0.25) is 4.79 Å². The third kappa shape index (κ3) is 3.78. The molecule has 1 heterocycles. The van der Waals surface area contributed by atoms with Gasteiger partial charge in [-0.1, -0.05) is 12.1 Å². The van der Waals surface area contributed by atoms with Gasteiger partial charge < -0.3 is 15.1 Å². The van der Waals surface area contributed by atoms with Gasteiger partial charge in [0.15, 0.2) is 0 Å². The van der Waals surface area contributed by atoms with E-state index in [1.165, 1.54) is 5.56 Å². The van der Waals surface area contributed by atoms with Crippen LogP contribution in [-0.4, -0.2) is 62.5 Å². The van der Waals surface area contributed by atoms with Gasteiger partial charge >= 0.3 is 0 Å². The Morgan fingerprint density at radius 2 is 1.79 bits per heavy atom. The number of nitrogens with one attached hydrogen (secondary N) is 1. The highest BCUT2D eigenvalue weighted by molar-refractivity contribution is 5.94. The van der Waals surface area contributed by atoms with Crippen LogP contribution in [-0.2, 0) is 6.42 Å². The molecule has 0 unspecified atom stereocenters. The van der Waals surface area contributed by atoms with Crippen molar-refractivity contribution in [1.29, 1.82) is 0 Å². The first-order valence-electron chi connectivity index (χ1n) is 6.92. The highest BCUT2D eigenvalue weighted by Gasteiger charge is 2.19. The van der Waals surface area contributed by atoms with E-state index in [0.717, 1.165) is 44.7 Å². The zero-order valence-corrected chi connectivity index (χ0v) is 11.9. The molecule has 1 amide bonds. The molecule has 1 aliphatic rings. The van der Waals surface area contributed by atoms with E-state index in [0.29, 0.717) is 0 Å². The van der Waals surface area contributed by atoms with Crippen LogP contribution in [0.5, 0.6) is 0 Å². The maximum Gasteiger partial charge on any atom is 0.253 e. The first-order chi connectivity index (χ1) is 9.20. The van der Waals surface area contributed by atoms with Gasteiger partial charge in [-0.25, -0.2) is 0 Å². The molecule has 0 aromatic heterocycles. The van der Waals surface area contributed by atoms with Gasteiger partial charge in [0.1, 0.15) is 0 Å². The van der Waals surface area contributed by atoms with Crippen molar-refractivity contribution in [2.75, 3.05) is 46.8 Å². The van der Waals surface area contributed by atoms with Crippen molar-refractivity contribution in [2.24, 2.45) is 0 Å². The number of likely N-dealkylation sites (N-methyl/N-ethyl adjacent to an activating group) is 2. The molecule has 0 radical (unpaired) electrons. The Kier molecular flexibility index (Phi) is 4.93. The van der Waals surface area contributed by atoms with Crippen molar-refractivity contribution in [3.05, 3.63) is 35.4 Å². The predicted octanol–water partition coefficient (Wildman–Crippen LogP) is 0.836. The lowest BCUT2D eigenvalue weighted by atomic mass is 10.1. The molecule has 4 heteroatoms. The molecule has 19 heavy (non-hydrogen) atoms. The molecule has 1 fully saturated rings. The molecule has 1 aliphatic heterocycles. The van der Waals surface area contributed by atoms with Gasteiger partial charge in [-0.2, -0.15) is 0 Å². The molecular weight excluding hydrogens is 238 g/mol. The summed E-state index contributed by atoms with van der Waals surface area (Å²) >= 11 is 0. The number of amides is 1. The first-order valence-corrected chi connectivity index (χ1v) is 6.92.